The molecule has 3 rings (SSSR count). The highest BCUT2D eigenvalue weighted by atomic mass is 19.4. The average molecular weight is 377 g/mol. The Morgan fingerprint density at radius 3 is 2.52 bits per heavy atom. The molecule has 0 aromatic carbocycles. The SMILES string of the molecule is CC(=O)c1c(CC(N)=O)nc2ccc(-c3cnc(N)c(C(F)(F)F)c3)cn12. The van der Waals surface area contributed by atoms with Crippen molar-refractivity contribution in [2.24, 2.45) is 5.73 Å². The molecular formula is C17H14F3N5O2. The summed E-state index contributed by atoms with van der Waals surface area (Å²) in [7, 11) is 0. The number of rotatable bonds is 4. The molecule has 3 heterocycles. The van der Waals surface area contributed by atoms with Gasteiger partial charge in [-0.3, -0.25) is 14.0 Å². The molecule has 1 amide bonds. The minimum absolute atomic E-state index is 0.144. The molecule has 0 radical (unpaired) electrons. The monoisotopic (exact) mass is 377 g/mol. The number of nitrogens with zero attached hydrogens (tertiary/aromatic N) is 3. The molecule has 0 spiro atoms. The molecule has 0 aliphatic heterocycles. The van der Waals surface area contributed by atoms with Crippen molar-refractivity contribution < 1.29 is 22.8 Å². The number of halogens is 3. The van der Waals surface area contributed by atoms with Crippen LogP contribution in [0.4, 0.5) is 19.0 Å². The lowest BCUT2D eigenvalue weighted by molar-refractivity contribution is -0.137. The maximum absolute atomic E-state index is 13.1. The number of aromatic nitrogens is 3. The highest BCUT2D eigenvalue weighted by Gasteiger charge is 2.34. The number of alkyl halides is 3. The van der Waals surface area contributed by atoms with Crippen molar-refractivity contribution in [2.45, 2.75) is 19.5 Å². The van der Waals surface area contributed by atoms with Gasteiger partial charge in [-0.25, -0.2) is 9.97 Å². The first-order valence-corrected chi connectivity index (χ1v) is 7.71. The number of anilines is 1. The summed E-state index contributed by atoms with van der Waals surface area (Å²) in [5.74, 6) is -1.64. The number of carbonyl (C=O) groups is 2. The van der Waals surface area contributed by atoms with Gasteiger partial charge in [-0.05, 0) is 18.2 Å². The third-order valence-electron chi connectivity index (χ3n) is 3.92. The van der Waals surface area contributed by atoms with Crippen molar-refractivity contribution >= 4 is 23.2 Å². The molecule has 0 bridgehead atoms. The summed E-state index contributed by atoms with van der Waals surface area (Å²) >= 11 is 0. The molecule has 0 aliphatic rings. The van der Waals surface area contributed by atoms with E-state index in [4.69, 9.17) is 11.5 Å². The van der Waals surface area contributed by atoms with E-state index in [0.717, 1.165) is 6.07 Å². The van der Waals surface area contributed by atoms with Crippen LogP contribution in [0, 0.1) is 0 Å². The number of amides is 1. The van der Waals surface area contributed by atoms with Crippen LogP contribution in [0.1, 0.15) is 28.7 Å². The van der Waals surface area contributed by atoms with E-state index in [2.05, 4.69) is 9.97 Å². The maximum atomic E-state index is 13.1. The second-order valence-electron chi connectivity index (χ2n) is 5.91. The number of imidazole rings is 1. The van der Waals surface area contributed by atoms with Crippen LogP contribution < -0.4 is 11.5 Å². The zero-order valence-electron chi connectivity index (χ0n) is 14.0. The smallest absolute Gasteiger partial charge is 0.383 e. The van der Waals surface area contributed by atoms with Gasteiger partial charge in [0.2, 0.25) is 5.91 Å². The van der Waals surface area contributed by atoms with Crippen molar-refractivity contribution in [3.63, 3.8) is 0 Å². The maximum Gasteiger partial charge on any atom is 0.419 e. The fourth-order valence-electron chi connectivity index (χ4n) is 2.79. The normalized spacial score (nSPS) is 11.7. The van der Waals surface area contributed by atoms with Gasteiger partial charge in [-0.2, -0.15) is 13.2 Å². The number of nitrogens with two attached hydrogens (primary N) is 2. The van der Waals surface area contributed by atoms with Gasteiger partial charge in [0.15, 0.2) is 5.78 Å². The number of ketones is 1. The fourth-order valence-corrected chi connectivity index (χ4v) is 2.79. The predicted molar refractivity (Wildman–Crippen MR) is 90.7 cm³/mol. The summed E-state index contributed by atoms with van der Waals surface area (Å²) in [6.07, 6.45) is -2.21. The standard InChI is InChI=1S/C17H14F3N5O2/c1-8(26)15-12(5-13(21)27)24-14-3-2-9(7-25(14)15)10-4-11(17(18,19)20)16(22)23-6-10/h2-4,6-7H,5H2,1H3,(H2,21,27)(H2,22,23). The lowest BCUT2D eigenvalue weighted by atomic mass is 10.1. The molecule has 27 heavy (non-hydrogen) atoms. The number of hydrogen-bond donors (Lipinski definition) is 2. The zero-order chi connectivity index (χ0) is 19.9. The lowest BCUT2D eigenvalue weighted by Gasteiger charge is -2.11. The Morgan fingerprint density at radius 1 is 1.22 bits per heavy atom. The van der Waals surface area contributed by atoms with Crippen molar-refractivity contribution in [2.75, 3.05) is 5.73 Å². The van der Waals surface area contributed by atoms with Gasteiger partial charge in [0, 0.05) is 30.4 Å². The summed E-state index contributed by atoms with van der Waals surface area (Å²) in [4.78, 5) is 31.0. The first kappa shape index (κ1) is 18.4. The summed E-state index contributed by atoms with van der Waals surface area (Å²) in [5.41, 5.74) is 10.7. The first-order chi connectivity index (χ1) is 12.6. The molecule has 3 aromatic heterocycles. The molecule has 0 aliphatic carbocycles. The zero-order valence-corrected chi connectivity index (χ0v) is 14.0. The van der Waals surface area contributed by atoms with Gasteiger partial charge in [-0.15, -0.1) is 0 Å². The van der Waals surface area contributed by atoms with E-state index in [1.807, 2.05) is 0 Å². The van der Waals surface area contributed by atoms with Crippen LogP contribution in [0.15, 0.2) is 30.6 Å². The molecule has 0 fully saturated rings. The van der Waals surface area contributed by atoms with Gasteiger partial charge in [-0.1, -0.05) is 0 Å². The number of carbonyl (C=O) groups excluding carboxylic acids is 2. The van der Waals surface area contributed by atoms with Crippen molar-refractivity contribution in [3.05, 3.63) is 47.5 Å². The van der Waals surface area contributed by atoms with Gasteiger partial charge >= 0.3 is 6.18 Å². The second kappa shape index (κ2) is 6.38. The second-order valence-corrected chi connectivity index (χ2v) is 5.91. The van der Waals surface area contributed by atoms with Gasteiger partial charge in [0.1, 0.15) is 17.2 Å². The van der Waals surface area contributed by atoms with E-state index < -0.39 is 23.5 Å². The molecule has 4 N–H and O–H groups in total. The molecule has 10 heteroatoms. The number of fused-ring (bicyclic) bond motifs is 1. The van der Waals surface area contributed by atoms with Crippen LogP contribution in [0.3, 0.4) is 0 Å². The van der Waals surface area contributed by atoms with Crippen molar-refractivity contribution in [3.8, 4) is 11.1 Å². The summed E-state index contributed by atoms with van der Waals surface area (Å²) in [6.45, 7) is 1.30. The summed E-state index contributed by atoms with van der Waals surface area (Å²) < 4.78 is 40.6. The molecule has 3 aromatic rings. The highest BCUT2D eigenvalue weighted by molar-refractivity contribution is 5.96. The minimum atomic E-state index is -4.65. The van der Waals surface area contributed by atoms with E-state index >= 15 is 0 Å². The van der Waals surface area contributed by atoms with Gasteiger partial charge in [0.05, 0.1) is 17.7 Å². The van der Waals surface area contributed by atoms with E-state index in [9.17, 15) is 22.8 Å². The Balaban J connectivity index is 2.19. The highest BCUT2D eigenvalue weighted by Crippen LogP contribution is 2.35. The molecule has 0 unspecified atom stereocenters. The van der Waals surface area contributed by atoms with Crippen LogP contribution in [0.25, 0.3) is 16.8 Å². The van der Waals surface area contributed by atoms with E-state index in [-0.39, 0.29) is 29.2 Å². The predicted octanol–water partition coefficient (Wildman–Crippen LogP) is 2.23. The Kier molecular flexibility index (Phi) is 4.34. The van der Waals surface area contributed by atoms with E-state index in [1.165, 1.54) is 35.9 Å². The molecule has 0 atom stereocenters. The number of pyridine rings is 2. The Morgan fingerprint density at radius 2 is 1.93 bits per heavy atom. The molecule has 7 nitrogen and oxygen atoms in total. The average Bonchev–Trinajstić information content (AvgIpc) is 2.90. The lowest BCUT2D eigenvalue weighted by Crippen LogP contribution is -2.16. The van der Waals surface area contributed by atoms with Crippen LogP contribution in [-0.4, -0.2) is 26.1 Å². The van der Waals surface area contributed by atoms with Gasteiger partial charge < -0.3 is 11.5 Å². The third kappa shape index (κ3) is 3.46. The molecule has 0 saturated carbocycles. The number of nitrogen functional groups attached to an aromatic ring is 1. The number of Topliss-reactive ketones (excluding diaryl/α,β-unsaturated/α-hetero) is 1. The van der Waals surface area contributed by atoms with Crippen molar-refractivity contribution in [1.82, 2.24) is 14.4 Å². The Bertz CT molecular complexity index is 1070. The third-order valence-corrected chi connectivity index (χ3v) is 3.92. The summed E-state index contributed by atoms with van der Waals surface area (Å²) in [5, 5.41) is 0. The summed E-state index contributed by atoms with van der Waals surface area (Å²) in [6, 6.07) is 3.95. The minimum Gasteiger partial charge on any atom is -0.383 e. The van der Waals surface area contributed by atoms with Gasteiger partial charge in [0.25, 0.3) is 0 Å². The molecule has 0 saturated heterocycles. The fraction of sp³-hybridized carbons (Fsp3) is 0.176. The van der Waals surface area contributed by atoms with Crippen LogP contribution in [-0.2, 0) is 17.4 Å². The van der Waals surface area contributed by atoms with E-state index in [1.54, 1.807) is 0 Å². The van der Waals surface area contributed by atoms with E-state index in [0.29, 0.717) is 11.2 Å². The first-order valence-electron chi connectivity index (χ1n) is 7.71. The van der Waals surface area contributed by atoms with Crippen molar-refractivity contribution in [1.29, 1.82) is 0 Å². The molecular weight excluding hydrogens is 363 g/mol. The topological polar surface area (TPSA) is 116 Å². The van der Waals surface area contributed by atoms with Crippen LogP contribution in [0.5, 0.6) is 0 Å². The van der Waals surface area contributed by atoms with Crippen LogP contribution in [0.2, 0.25) is 0 Å². The number of hydrogen-bond acceptors (Lipinski definition) is 5. The molecule has 140 valence electrons. The van der Waals surface area contributed by atoms with Crippen LogP contribution >= 0.6 is 0 Å². The quantitative estimate of drug-likeness (QED) is 0.676. The number of primary amides is 1. The largest absolute Gasteiger partial charge is 0.419 e. The Hall–Kier alpha value is -3.43. The Labute approximate surface area is 150 Å².